The zero-order chi connectivity index (χ0) is 26.5. The Morgan fingerprint density at radius 3 is 2.92 bits per heavy atom. The van der Waals surface area contributed by atoms with Gasteiger partial charge in [0.25, 0.3) is 0 Å². The maximum absolute atomic E-state index is 14.8. The molecule has 4 aromatic rings. The zero-order valence-corrected chi connectivity index (χ0v) is 22.8. The molecule has 0 radical (unpaired) electrons. The Hall–Kier alpha value is -3.18. The van der Waals surface area contributed by atoms with E-state index in [4.69, 9.17) is 4.98 Å². The average molecular weight is 570 g/mol. The van der Waals surface area contributed by atoms with Gasteiger partial charge in [0.05, 0.1) is 23.2 Å². The zero-order valence-electron chi connectivity index (χ0n) is 21.2. The number of aromatic nitrogens is 5. The molecule has 1 saturated carbocycles. The van der Waals surface area contributed by atoms with E-state index < -0.39 is 16.8 Å². The highest BCUT2D eigenvalue weighted by molar-refractivity contribution is 9.10. The maximum Gasteiger partial charge on any atom is 0.228 e. The third kappa shape index (κ3) is 4.54. The molecule has 11 heteroatoms. The minimum Gasteiger partial charge on any atom is -0.394 e. The van der Waals surface area contributed by atoms with Gasteiger partial charge < -0.3 is 15.3 Å². The lowest BCUT2D eigenvalue weighted by Gasteiger charge is -2.39. The normalized spacial score (nSPS) is 20.0. The monoisotopic (exact) mass is 569 g/mol. The Balaban J connectivity index is 1.42. The van der Waals surface area contributed by atoms with Crippen LogP contribution < -0.4 is 5.32 Å². The maximum atomic E-state index is 14.8. The Bertz CT molecular complexity index is 1510. The van der Waals surface area contributed by atoms with Gasteiger partial charge in [-0.2, -0.15) is 10.1 Å². The van der Waals surface area contributed by atoms with E-state index in [1.807, 2.05) is 26.8 Å². The number of benzene rings is 1. The summed E-state index contributed by atoms with van der Waals surface area (Å²) < 4.78 is 16.9. The molecule has 3 aromatic heterocycles. The number of aliphatic hydroxyl groups is 1. The number of nitrogens with zero attached hydrogens (tertiary/aromatic N) is 6. The molecule has 1 aliphatic rings. The van der Waals surface area contributed by atoms with Crippen LogP contribution in [0.15, 0.2) is 41.3 Å². The van der Waals surface area contributed by atoms with E-state index in [0.29, 0.717) is 51.0 Å². The molecular formula is C26H29BrFN7O2. The fourth-order valence-corrected chi connectivity index (χ4v) is 5.34. The van der Waals surface area contributed by atoms with Crippen molar-refractivity contribution in [2.45, 2.75) is 51.6 Å². The van der Waals surface area contributed by atoms with Crippen LogP contribution in [0.2, 0.25) is 0 Å². The van der Waals surface area contributed by atoms with Gasteiger partial charge in [0, 0.05) is 42.4 Å². The van der Waals surface area contributed by atoms with Crippen LogP contribution in [0.3, 0.4) is 0 Å². The molecule has 194 valence electrons. The highest BCUT2D eigenvalue weighted by Gasteiger charge is 2.45. The second-order valence-corrected chi connectivity index (χ2v) is 11.4. The highest BCUT2D eigenvalue weighted by Crippen LogP contribution is 2.41. The minimum atomic E-state index is -0.635. The molecule has 5 rings (SSSR count). The fraction of sp³-hybridized carbons (Fsp3) is 0.423. The van der Waals surface area contributed by atoms with Crippen molar-refractivity contribution in [2.24, 2.45) is 5.41 Å². The molecule has 0 spiro atoms. The van der Waals surface area contributed by atoms with Gasteiger partial charge in [-0.1, -0.05) is 13.0 Å². The largest absolute Gasteiger partial charge is 0.394 e. The van der Waals surface area contributed by atoms with E-state index in [1.54, 1.807) is 41.2 Å². The lowest BCUT2D eigenvalue weighted by atomic mass is 9.85. The number of nitrogens with one attached hydrogen (secondary N) is 1. The number of hydrogen-bond donors (Lipinski definition) is 2. The number of amides is 1. The summed E-state index contributed by atoms with van der Waals surface area (Å²) in [5, 5.41) is 18.9. The summed E-state index contributed by atoms with van der Waals surface area (Å²) in [6.07, 6.45) is 5.34. The molecule has 37 heavy (non-hydrogen) atoms. The van der Waals surface area contributed by atoms with E-state index in [0.717, 1.165) is 6.42 Å². The van der Waals surface area contributed by atoms with Gasteiger partial charge in [-0.05, 0) is 61.2 Å². The number of hydrogen-bond acceptors (Lipinski definition) is 7. The molecule has 2 atom stereocenters. The van der Waals surface area contributed by atoms with Gasteiger partial charge in [-0.25, -0.2) is 14.1 Å². The molecule has 0 unspecified atom stereocenters. The van der Waals surface area contributed by atoms with Crippen LogP contribution in [0.4, 0.5) is 10.3 Å². The SMILES string of the molecule is CN(C(=O)[C@]1(C)CC[C@@H](Nc2ncc3c(Br)nn(-c4cc(F)c5ncccc5c4)c3n2)C1)C(C)(C)CO. The van der Waals surface area contributed by atoms with Crippen LogP contribution >= 0.6 is 15.9 Å². The van der Waals surface area contributed by atoms with E-state index in [9.17, 15) is 14.3 Å². The van der Waals surface area contributed by atoms with Crippen molar-refractivity contribution in [3.05, 3.63) is 47.1 Å². The predicted molar refractivity (Wildman–Crippen MR) is 143 cm³/mol. The lowest BCUT2D eigenvalue weighted by Crippen LogP contribution is -2.52. The molecule has 2 N–H and O–H groups in total. The highest BCUT2D eigenvalue weighted by atomic mass is 79.9. The van der Waals surface area contributed by atoms with Gasteiger partial charge in [-0.3, -0.25) is 9.78 Å². The first-order valence-electron chi connectivity index (χ1n) is 12.1. The number of anilines is 1. The molecule has 1 aromatic carbocycles. The number of rotatable bonds is 6. The van der Waals surface area contributed by atoms with Crippen LogP contribution in [0, 0.1) is 11.2 Å². The minimum absolute atomic E-state index is 0.000962. The fourth-order valence-electron chi connectivity index (χ4n) is 4.90. The summed E-state index contributed by atoms with van der Waals surface area (Å²) >= 11 is 3.46. The van der Waals surface area contributed by atoms with Crippen molar-refractivity contribution in [3.8, 4) is 5.69 Å². The van der Waals surface area contributed by atoms with Crippen molar-refractivity contribution in [1.29, 1.82) is 0 Å². The Morgan fingerprint density at radius 1 is 1.38 bits per heavy atom. The Labute approximate surface area is 222 Å². The number of carbonyl (C=O) groups is 1. The second-order valence-electron chi connectivity index (χ2n) is 10.6. The number of fused-ring (bicyclic) bond motifs is 2. The first-order chi connectivity index (χ1) is 17.5. The van der Waals surface area contributed by atoms with Crippen molar-refractivity contribution in [1.82, 2.24) is 29.6 Å². The second kappa shape index (κ2) is 9.29. The number of aliphatic hydroxyl groups excluding tert-OH is 1. The van der Waals surface area contributed by atoms with Crippen molar-refractivity contribution in [2.75, 3.05) is 19.0 Å². The molecule has 1 fully saturated rings. The van der Waals surface area contributed by atoms with E-state index in [-0.39, 0.29) is 18.6 Å². The van der Waals surface area contributed by atoms with Crippen LogP contribution in [-0.2, 0) is 4.79 Å². The van der Waals surface area contributed by atoms with Crippen LogP contribution in [0.5, 0.6) is 0 Å². The van der Waals surface area contributed by atoms with Gasteiger partial charge >= 0.3 is 0 Å². The van der Waals surface area contributed by atoms with E-state index in [1.165, 1.54) is 6.07 Å². The first-order valence-corrected chi connectivity index (χ1v) is 12.9. The summed E-state index contributed by atoms with van der Waals surface area (Å²) in [7, 11) is 1.74. The first kappa shape index (κ1) is 25.5. The van der Waals surface area contributed by atoms with Crippen molar-refractivity contribution in [3.63, 3.8) is 0 Å². The third-order valence-corrected chi connectivity index (χ3v) is 8.04. The average Bonchev–Trinajstić information content (AvgIpc) is 3.43. The molecular weight excluding hydrogens is 541 g/mol. The summed E-state index contributed by atoms with van der Waals surface area (Å²) in [5.41, 5.74) is 0.152. The number of pyridine rings is 1. The van der Waals surface area contributed by atoms with Crippen LogP contribution in [0.25, 0.3) is 27.6 Å². The lowest BCUT2D eigenvalue weighted by molar-refractivity contribution is -0.146. The molecule has 9 nitrogen and oxygen atoms in total. The quantitative estimate of drug-likeness (QED) is 0.352. The summed E-state index contributed by atoms with van der Waals surface area (Å²) in [6.45, 7) is 5.56. The van der Waals surface area contributed by atoms with Gasteiger partial charge in [0.1, 0.15) is 10.1 Å². The Kier molecular flexibility index (Phi) is 6.39. The van der Waals surface area contributed by atoms with E-state index in [2.05, 4.69) is 36.3 Å². The molecule has 0 bridgehead atoms. The third-order valence-electron chi connectivity index (χ3n) is 7.46. The Morgan fingerprint density at radius 2 is 2.16 bits per heavy atom. The molecule has 0 aliphatic heterocycles. The number of likely N-dealkylation sites (N-methyl/N-ethyl adjacent to an activating group) is 1. The number of halogens is 2. The van der Waals surface area contributed by atoms with Crippen molar-refractivity contribution < 1.29 is 14.3 Å². The summed E-state index contributed by atoms with van der Waals surface area (Å²) in [5.74, 6) is -0.0126. The number of carbonyl (C=O) groups excluding carboxylic acids is 1. The molecule has 1 amide bonds. The standard InChI is InChI=1S/C26H29BrFN7O2/c1-25(2,14-36)34(4)23(37)26(3)8-7-16(12-26)31-24-30-13-18-21(27)33-35(22(18)32-24)17-10-15-6-5-9-29-20(15)19(28)11-17/h5-6,9-11,13,16,36H,7-8,12,14H2,1-4H3,(H,30,31,32)/t16-,26-/m1/s1. The smallest absolute Gasteiger partial charge is 0.228 e. The van der Waals surface area contributed by atoms with E-state index >= 15 is 0 Å². The summed E-state index contributed by atoms with van der Waals surface area (Å²) in [4.78, 5) is 28.2. The molecule has 1 aliphatic carbocycles. The topological polar surface area (TPSA) is 109 Å². The van der Waals surface area contributed by atoms with Gasteiger partial charge in [-0.15, -0.1) is 0 Å². The van der Waals surface area contributed by atoms with Gasteiger partial charge in [0.2, 0.25) is 11.9 Å². The summed E-state index contributed by atoms with van der Waals surface area (Å²) in [6, 6.07) is 6.77. The molecule has 3 heterocycles. The van der Waals surface area contributed by atoms with Gasteiger partial charge in [0.15, 0.2) is 11.5 Å². The van der Waals surface area contributed by atoms with Crippen LogP contribution in [0.1, 0.15) is 40.0 Å². The predicted octanol–water partition coefficient (Wildman–Crippen LogP) is 4.47. The van der Waals surface area contributed by atoms with Crippen LogP contribution in [-0.4, -0.2) is 65.9 Å². The van der Waals surface area contributed by atoms with Crippen molar-refractivity contribution >= 4 is 49.7 Å². The molecule has 0 saturated heterocycles.